The maximum Gasteiger partial charge on any atom is 0.276 e. The van der Waals surface area contributed by atoms with Crippen molar-refractivity contribution in [3.05, 3.63) is 47.0 Å². The van der Waals surface area contributed by atoms with Gasteiger partial charge in [-0.1, -0.05) is 12.5 Å². The number of hydrogen-bond acceptors (Lipinski definition) is 5. The number of carbonyl (C=O) groups is 3. The minimum atomic E-state index is -0.450. The van der Waals surface area contributed by atoms with Crippen molar-refractivity contribution in [2.24, 2.45) is 7.05 Å². The van der Waals surface area contributed by atoms with E-state index in [2.05, 4.69) is 27.6 Å². The molecule has 3 heterocycles. The first-order chi connectivity index (χ1) is 17.3. The molecule has 10 heteroatoms. The van der Waals surface area contributed by atoms with E-state index >= 15 is 0 Å². The van der Waals surface area contributed by atoms with Crippen LogP contribution in [0.2, 0.25) is 0 Å². The van der Waals surface area contributed by atoms with E-state index in [1.54, 1.807) is 22.7 Å². The summed E-state index contributed by atoms with van der Waals surface area (Å²) in [6.07, 6.45) is 4.49. The number of piperidine rings is 1. The maximum absolute atomic E-state index is 13.5. The molecular formula is C26H35FN6O3. The Morgan fingerprint density at radius 1 is 1.17 bits per heavy atom. The predicted octanol–water partition coefficient (Wildman–Crippen LogP) is 2.47. The number of fused-ring (bicyclic) bond motifs is 1. The van der Waals surface area contributed by atoms with Crippen LogP contribution in [0.5, 0.6) is 0 Å². The van der Waals surface area contributed by atoms with Crippen molar-refractivity contribution in [1.82, 2.24) is 24.9 Å². The fraction of sp³-hybridized carbons (Fsp3) is 0.538. The smallest absolute Gasteiger partial charge is 0.276 e. The Hall–Kier alpha value is -3.27. The zero-order valence-corrected chi connectivity index (χ0v) is 21.1. The van der Waals surface area contributed by atoms with Gasteiger partial charge in [0.15, 0.2) is 5.69 Å². The molecule has 2 aliphatic rings. The molecule has 0 spiro atoms. The van der Waals surface area contributed by atoms with Crippen LogP contribution in [0.1, 0.15) is 60.8 Å². The first-order valence-electron chi connectivity index (χ1n) is 12.7. The zero-order chi connectivity index (χ0) is 25.7. The van der Waals surface area contributed by atoms with Gasteiger partial charge in [-0.05, 0) is 44.5 Å². The third kappa shape index (κ3) is 6.29. The van der Waals surface area contributed by atoms with Crippen molar-refractivity contribution in [2.45, 2.75) is 58.0 Å². The van der Waals surface area contributed by atoms with Gasteiger partial charge in [-0.3, -0.25) is 24.0 Å². The number of likely N-dealkylation sites (tertiary alicyclic amines) is 1. The number of nitrogens with one attached hydrogen (secondary N) is 2. The quantitative estimate of drug-likeness (QED) is 0.583. The van der Waals surface area contributed by atoms with E-state index in [1.165, 1.54) is 37.5 Å². The summed E-state index contributed by atoms with van der Waals surface area (Å²) in [5.74, 6) is -1.14. The normalized spacial score (nSPS) is 18.0. The predicted molar refractivity (Wildman–Crippen MR) is 134 cm³/mol. The monoisotopic (exact) mass is 498 g/mol. The molecule has 2 aliphatic heterocycles. The van der Waals surface area contributed by atoms with E-state index in [1.807, 2.05) is 0 Å². The van der Waals surface area contributed by atoms with Crippen LogP contribution in [-0.4, -0.2) is 69.5 Å². The molecule has 194 valence electrons. The molecule has 1 saturated heterocycles. The van der Waals surface area contributed by atoms with Crippen LogP contribution in [0.25, 0.3) is 0 Å². The number of anilines is 1. The van der Waals surface area contributed by atoms with Crippen molar-refractivity contribution in [1.29, 1.82) is 0 Å². The van der Waals surface area contributed by atoms with E-state index in [4.69, 9.17) is 0 Å². The Bertz CT molecular complexity index is 1120. The number of nitrogens with zero attached hydrogens (tertiary/aromatic N) is 4. The van der Waals surface area contributed by atoms with Gasteiger partial charge in [0.25, 0.3) is 5.91 Å². The Morgan fingerprint density at radius 2 is 2.00 bits per heavy atom. The summed E-state index contributed by atoms with van der Waals surface area (Å²) in [5.41, 5.74) is 2.14. The van der Waals surface area contributed by atoms with Gasteiger partial charge in [-0.25, -0.2) is 4.39 Å². The van der Waals surface area contributed by atoms with Gasteiger partial charge in [0.1, 0.15) is 5.82 Å². The van der Waals surface area contributed by atoms with Crippen molar-refractivity contribution < 1.29 is 18.8 Å². The first kappa shape index (κ1) is 25.8. The number of rotatable bonds is 8. The Labute approximate surface area is 211 Å². The third-order valence-corrected chi connectivity index (χ3v) is 7.12. The summed E-state index contributed by atoms with van der Waals surface area (Å²) in [6, 6.07) is 6.21. The van der Waals surface area contributed by atoms with E-state index in [-0.39, 0.29) is 36.9 Å². The lowest BCUT2D eigenvalue weighted by molar-refractivity contribution is -0.134. The second kappa shape index (κ2) is 11.6. The highest BCUT2D eigenvalue weighted by Gasteiger charge is 2.29. The molecule has 4 rings (SSSR count). The van der Waals surface area contributed by atoms with Crippen LogP contribution >= 0.6 is 0 Å². The largest absolute Gasteiger partial charge is 0.355 e. The lowest BCUT2D eigenvalue weighted by Gasteiger charge is -2.33. The molecule has 0 aliphatic carbocycles. The molecule has 36 heavy (non-hydrogen) atoms. The molecule has 0 saturated carbocycles. The Balaban J connectivity index is 1.28. The molecule has 1 fully saturated rings. The highest BCUT2D eigenvalue weighted by Crippen LogP contribution is 2.24. The summed E-state index contributed by atoms with van der Waals surface area (Å²) in [6.45, 7) is 5.47. The molecule has 0 bridgehead atoms. The maximum atomic E-state index is 13.5. The van der Waals surface area contributed by atoms with Gasteiger partial charge in [-0.2, -0.15) is 5.10 Å². The summed E-state index contributed by atoms with van der Waals surface area (Å²) in [7, 11) is 1.77. The van der Waals surface area contributed by atoms with Crippen LogP contribution in [0.3, 0.4) is 0 Å². The zero-order valence-electron chi connectivity index (χ0n) is 21.1. The number of aryl methyl sites for hydroxylation is 1. The van der Waals surface area contributed by atoms with Crippen LogP contribution in [0, 0.1) is 5.82 Å². The van der Waals surface area contributed by atoms with Crippen molar-refractivity contribution in [2.75, 3.05) is 31.5 Å². The van der Waals surface area contributed by atoms with Gasteiger partial charge in [0, 0.05) is 75.5 Å². The van der Waals surface area contributed by atoms with Gasteiger partial charge in [0.2, 0.25) is 11.8 Å². The fourth-order valence-electron chi connectivity index (χ4n) is 5.04. The summed E-state index contributed by atoms with van der Waals surface area (Å²) >= 11 is 0. The number of aromatic nitrogens is 2. The Kier molecular flexibility index (Phi) is 8.35. The molecule has 2 N–H and O–H groups in total. The second-order valence-corrected chi connectivity index (χ2v) is 9.66. The van der Waals surface area contributed by atoms with Crippen LogP contribution in [0.4, 0.5) is 10.1 Å². The molecule has 2 aromatic rings. The standard InChI is InChI=1S/C26H35FN6O3/c1-18-6-3-4-13-32(18)15-12-28-23(34)9-10-24(35)33-14-11-22-21(17-33)25(30-31(22)2)26(36)29-20-8-5-7-19(27)16-20/h5,7-8,16,18H,3-4,6,9-15,17H2,1-2H3,(H,28,34)(H,29,36)/t18-/m1/s1. The van der Waals surface area contributed by atoms with Crippen molar-refractivity contribution in [3.63, 3.8) is 0 Å². The van der Waals surface area contributed by atoms with Crippen molar-refractivity contribution in [3.8, 4) is 0 Å². The molecular weight excluding hydrogens is 463 g/mol. The molecule has 9 nitrogen and oxygen atoms in total. The van der Waals surface area contributed by atoms with Crippen LogP contribution < -0.4 is 10.6 Å². The van der Waals surface area contributed by atoms with E-state index in [9.17, 15) is 18.8 Å². The lowest BCUT2D eigenvalue weighted by Crippen LogP contribution is -2.42. The van der Waals surface area contributed by atoms with Crippen LogP contribution in [0.15, 0.2) is 24.3 Å². The molecule has 1 aromatic heterocycles. The number of benzene rings is 1. The fourth-order valence-corrected chi connectivity index (χ4v) is 5.04. The second-order valence-electron chi connectivity index (χ2n) is 9.66. The van der Waals surface area contributed by atoms with Gasteiger partial charge >= 0.3 is 0 Å². The highest BCUT2D eigenvalue weighted by atomic mass is 19.1. The molecule has 3 amide bonds. The minimum absolute atomic E-state index is 0.117. The van der Waals surface area contributed by atoms with Gasteiger partial charge in [0.05, 0.1) is 0 Å². The number of amides is 3. The minimum Gasteiger partial charge on any atom is -0.355 e. The molecule has 0 unspecified atom stereocenters. The van der Waals surface area contributed by atoms with E-state index in [0.29, 0.717) is 36.8 Å². The lowest BCUT2D eigenvalue weighted by atomic mass is 10.0. The van der Waals surface area contributed by atoms with E-state index in [0.717, 1.165) is 18.8 Å². The van der Waals surface area contributed by atoms with E-state index < -0.39 is 11.7 Å². The molecule has 0 radical (unpaired) electrons. The van der Waals surface area contributed by atoms with Crippen molar-refractivity contribution >= 4 is 23.4 Å². The summed E-state index contributed by atoms with van der Waals surface area (Å²) < 4.78 is 15.2. The average molecular weight is 499 g/mol. The SMILES string of the molecule is C[C@@H]1CCCCN1CCNC(=O)CCC(=O)N1CCc2c(c(C(=O)Nc3cccc(F)c3)nn2C)C1. The van der Waals surface area contributed by atoms with Crippen LogP contribution in [-0.2, 0) is 29.6 Å². The average Bonchev–Trinajstić information content (AvgIpc) is 3.19. The highest BCUT2D eigenvalue weighted by molar-refractivity contribution is 6.04. The van der Waals surface area contributed by atoms with Gasteiger partial charge in [-0.15, -0.1) is 0 Å². The number of carbonyl (C=O) groups excluding carboxylic acids is 3. The first-order valence-corrected chi connectivity index (χ1v) is 12.7. The summed E-state index contributed by atoms with van der Waals surface area (Å²) in [5, 5.41) is 9.97. The number of hydrogen-bond donors (Lipinski definition) is 2. The number of halogens is 1. The topological polar surface area (TPSA) is 99.6 Å². The third-order valence-electron chi connectivity index (χ3n) is 7.12. The molecule has 1 aromatic carbocycles. The molecule has 1 atom stereocenters. The summed E-state index contributed by atoms with van der Waals surface area (Å²) in [4.78, 5) is 42.1. The Morgan fingerprint density at radius 3 is 2.78 bits per heavy atom. The van der Waals surface area contributed by atoms with Gasteiger partial charge < -0.3 is 15.5 Å².